The second kappa shape index (κ2) is 8.20. The Hall–Kier alpha value is -2.57. The number of nitrogens with zero attached hydrogens (tertiary/aromatic N) is 1. The number of hydrogen-bond acceptors (Lipinski definition) is 5. The topological polar surface area (TPSA) is 84.9 Å². The molecule has 1 aliphatic carbocycles. The predicted octanol–water partition coefficient (Wildman–Crippen LogP) is 1.68. The third-order valence-corrected chi connectivity index (χ3v) is 5.84. The van der Waals surface area contributed by atoms with Crippen LogP contribution < -0.4 is 14.8 Å². The maximum Gasteiger partial charge on any atom is 0.233 e. The minimum absolute atomic E-state index is 0.0845. The summed E-state index contributed by atoms with van der Waals surface area (Å²) in [6.07, 6.45) is 4.44. The van der Waals surface area contributed by atoms with Crippen molar-refractivity contribution < 1.29 is 23.9 Å². The molecular weight excluding hydrogens is 360 g/mol. The summed E-state index contributed by atoms with van der Waals surface area (Å²) in [6.45, 7) is 1.78. The maximum absolute atomic E-state index is 12.4. The van der Waals surface area contributed by atoms with Gasteiger partial charge in [0.15, 0.2) is 11.5 Å². The molecule has 2 heterocycles. The molecule has 150 valence electrons. The van der Waals surface area contributed by atoms with Crippen LogP contribution in [-0.2, 0) is 20.8 Å². The second-order valence-corrected chi connectivity index (χ2v) is 7.65. The molecule has 7 nitrogen and oxygen atoms in total. The van der Waals surface area contributed by atoms with E-state index in [-0.39, 0.29) is 42.5 Å². The molecule has 0 bridgehead atoms. The van der Waals surface area contributed by atoms with Crippen molar-refractivity contribution in [3.8, 4) is 11.5 Å². The van der Waals surface area contributed by atoms with Gasteiger partial charge >= 0.3 is 0 Å². The summed E-state index contributed by atoms with van der Waals surface area (Å²) in [4.78, 5) is 38.3. The molecule has 0 aromatic heterocycles. The summed E-state index contributed by atoms with van der Waals surface area (Å²) in [5.41, 5.74) is 1.05. The van der Waals surface area contributed by atoms with E-state index >= 15 is 0 Å². The van der Waals surface area contributed by atoms with E-state index in [0.717, 1.165) is 42.7 Å². The van der Waals surface area contributed by atoms with Crippen LogP contribution in [0.25, 0.3) is 0 Å². The van der Waals surface area contributed by atoms with E-state index in [1.165, 1.54) is 4.90 Å². The van der Waals surface area contributed by atoms with Gasteiger partial charge in [-0.3, -0.25) is 19.3 Å². The van der Waals surface area contributed by atoms with Crippen LogP contribution >= 0.6 is 0 Å². The number of hydrogen-bond donors (Lipinski definition) is 1. The molecule has 4 rings (SSSR count). The Bertz CT molecular complexity index is 754. The molecule has 7 heteroatoms. The fraction of sp³-hybridized carbons (Fsp3) is 0.571. The molecule has 2 atom stereocenters. The summed E-state index contributed by atoms with van der Waals surface area (Å²) in [5.74, 6) is 0.867. The van der Waals surface area contributed by atoms with Crippen LogP contribution in [0.2, 0.25) is 0 Å². The Balaban J connectivity index is 1.22. The zero-order chi connectivity index (χ0) is 19.5. The lowest BCUT2D eigenvalue weighted by Crippen LogP contribution is -2.35. The van der Waals surface area contributed by atoms with Crippen molar-refractivity contribution in [3.05, 3.63) is 23.8 Å². The molecule has 1 aromatic rings. The Labute approximate surface area is 164 Å². The molecular formula is C21H26N2O5. The molecule has 1 saturated heterocycles. The van der Waals surface area contributed by atoms with Crippen molar-refractivity contribution in [1.29, 1.82) is 0 Å². The average molecular weight is 386 g/mol. The molecule has 2 fully saturated rings. The van der Waals surface area contributed by atoms with E-state index in [0.29, 0.717) is 26.2 Å². The Morgan fingerprint density at radius 2 is 1.71 bits per heavy atom. The highest BCUT2D eigenvalue weighted by molar-refractivity contribution is 6.05. The van der Waals surface area contributed by atoms with Gasteiger partial charge in [-0.05, 0) is 37.0 Å². The standard InChI is InChI=1S/C21H26N2O5/c24-19(8-10-23-20(25)15-3-1-2-4-16(15)21(23)26)22-9-7-14-5-6-17-18(13-14)28-12-11-27-17/h5-6,13,15-16H,1-4,7-12H2,(H,22,24)/t15-,16-/m1/s1. The maximum atomic E-state index is 12.4. The number of carbonyl (C=O) groups excluding carboxylic acids is 3. The normalized spacial score (nSPS) is 23.5. The number of rotatable bonds is 6. The fourth-order valence-electron chi connectivity index (χ4n) is 4.34. The molecule has 28 heavy (non-hydrogen) atoms. The quantitative estimate of drug-likeness (QED) is 0.752. The summed E-state index contributed by atoms with van der Waals surface area (Å²) in [6, 6.07) is 5.78. The summed E-state index contributed by atoms with van der Waals surface area (Å²) in [7, 11) is 0. The highest BCUT2D eigenvalue weighted by atomic mass is 16.6. The number of amides is 3. The molecule has 0 radical (unpaired) electrons. The SMILES string of the molecule is O=C(CCN1C(=O)[C@@H]2CCCC[C@H]2C1=O)NCCc1ccc2c(c1)OCCO2. The fourth-order valence-corrected chi connectivity index (χ4v) is 4.34. The lowest BCUT2D eigenvalue weighted by molar-refractivity contribution is -0.140. The molecule has 3 amide bonds. The van der Waals surface area contributed by atoms with Gasteiger partial charge in [0.2, 0.25) is 17.7 Å². The largest absolute Gasteiger partial charge is 0.486 e. The number of benzene rings is 1. The van der Waals surface area contributed by atoms with Crippen molar-refractivity contribution in [2.45, 2.75) is 38.5 Å². The monoisotopic (exact) mass is 386 g/mol. The number of nitrogens with one attached hydrogen (secondary N) is 1. The van der Waals surface area contributed by atoms with Crippen LogP contribution in [0, 0.1) is 11.8 Å². The van der Waals surface area contributed by atoms with Crippen molar-refractivity contribution in [2.75, 3.05) is 26.3 Å². The molecule has 1 N–H and O–H groups in total. The third-order valence-electron chi connectivity index (χ3n) is 5.84. The molecule has 3 aliphatic rings. The first-order valence-corrected chi connectivity index (χ1v) is 10.1. The highest BCUT2D eigenvalue weighted by Gasteiger charge is 2.47. The van der Waals surface area contributed by atoms with Gasteiger partial charge in [0.1, 0.15) is 13.2 Å². The van der Waals surface area contributed by atoms with Gasteiger partial charge in [0.05, 0.1) is 11.8 Å². The number of carbonyl (C=O) groups is 3. The number of fused-ring (bicyclic) bond motifs is 2. The van der Waals surface area contributed by atoms with Crippen molar-refractivity contribution in [1.82, 2.24) is 10.2 Å². The first-order chi connectivity index (χ1) is 13.6. The van der Waals surface area contributed by atoms with E-state index in [1.807, 2.05) is 18.2 Å². The molecule has 0 unspecified atom stereocenters. The van der Waals surface area contributed by atoms with E-state index < -0.39 is 0 Å². The van der Waals surface area contributed by atoms with Gasteiger partial charge in [-0.25, -0.2) is 0 Å². The Morgan fingerprint density at radius 1 is 1.04 bits per heavy atom. The zero-order valence-corrected chi connectivity index (χ0v) is 15.9. The van der Waals surface area contributed by atoms with E-state index in [1.54, 1.807) is 0 Å². The minimum Gasteiger partial charge on any atom is -0.486 e. The minimum atomic E-state index is -0.153. The molecule has 2 aliphatic heterocycles. The van der Waals surface area contributed by atoms with Crippen molar-refractivity contribution in [2.24, 2.45) is 11.8 Å². The van der Waals surface area contributed by atoms with Crippen molar-refractivity contribution >= 4 is 17.7 Å². The van der Waals surface area contributed by atoms with Crippen LogP contribution in [0.1, 0.15) is 37.7 Å². The highest BCUT2D eigenvalue weighted by Crippen LogP contribution is 2.38. The van der Waals surface area contributed by atoms with E-state index in [4.69, 9.17) is 9.47 Å². The van der Waals surface area contributed by atoms with Gasteiger partial charge < -0.3 is 14.8 Å². The summed E-state index contributed by atoms with van der Waals surface area (Å²) in [5, 5.41) is 2.87. The van der Waals surface area contributed by atoms with Gasteiger partial charge in [-0.15, -0.1) is 0 Å². The molecule has 0 spiro atoms. The predicted molar refractivity (Wildman–Crippen MR) is 101 cm³/mol. The second-order valence-electron chi connectivity index (χ2n) is 7.65. The van der Waals surface area contributed by atoms with Crippen LogP contribution in [0.4, 0.5) is 0 Å². The van der Waals surface area contributed by atoms with Gasteiger partial charge in [0, 0.05) is 19.5 Å². The lowest BCUT2D eigenvalue weighted by Gasteiger charge is -2.19. The van der Waals surface area contributed by atoms with Crippen LogP contribution in [0.15, 0.2) is 18.2 Å². The smallest absolute Gasteiger partial charge is 0.233 e. The summed E-state index contributed by atoms with van der Waals surface area (Å²) < 4.78 is 11.1. The molecule has 1 aromatic carbocycles. The van der Waals surface area contributed by atoms with Crippen molar-refractivity contribution in [3.63, 3.8) is 0 Å². The number of ether oxygens (including phenoxy) is 2. The first-order valence-electron chi connectivity index (χ1n) is 10.1. The average Bonchev–Trinajstić information content (AvgIpc) is 2.97. The first kappa shape index (κ1) is 18.8. The Kier molecular flexibility index (Phi) is 5.50. The lowest BCUT2D eigenvalue weighted by atomic mass is 9.81. The van der Waals surface area contributed by atoms with Gasteiger partial charge in [0.25, 0.3) is 0 Å². The van der Waals surface area contributed by atoms with Crippen LogP contribution in [0.5, 0.6) is 11.5 Å². The summed E-state index contributed by atoms with van der Waals surface area (Å²) >= 11 is 0. The Morgan fingerprint density at radius 3 is 2.43 bits per heavy atom. The van der Waals surface area contributed by atoms with E-state index in [9.17, 15) is 14.4 Å². The third kappa shape index (κ3) is 3.84. The van der Waals surface area contributed by atoms with Crippen LogP contribution in [-0.4, -0.2) is 48.9 Å². The van der Waals surface area contributed by atoms with E-state index in [2.05, 4.69) is 5.32 Å². The van der Waals surface area contributed by atoms with Crippen LogP contribution in [0.3, 0.4) is 0 Å². The zero-order valence-electron chi connectivity index (χ0n) is 15.9. The van der Waals surface area contributed by atoms with Gasteiger partial charge in [-0.2, -0.15) is 0 Å². The molecule has 1 saturated carbocycles. The van der Waals surface area contributed by atoms with Gasteiger partial charge in [-0.1, -0.05) is 18.9 Å². The number of likely N-dealkylation sites (tertiary alicyclic amines) is 1. The number of imide groups is 1.